The van der Waals surface area contributed by atoms with Crippen molar-refractivity contribution in [1.82, 2.24) is 14.8 Å². The lowest BCUT2D eigenvalue weighted by Gasteiger charge is -2.04. The van der Waals surface area contributed by atoms with Crippen LogP contribution in [0.5, 0.6) is 0 Å². The van der Waals surface area contributed by atoms with Crippen LogP contribution in [0.2, 0.25) is 0 Å². The molecule has 0 aliphatic carbocycles. The van der Waals surface area contributed by atoms with Gasteiger partial charge in [0.1, 0.15) is 0 Å². The molecule has 6 nitrogen and oxygen atoms in total. The molecule has 2 N–H and O–H groups in total. The van der Waals surface area contributed by atoms with E-state index in [9.17, 15) is 4.79 Å². The molecule has 0 spiro atoms. The van der Waals surface area contributed by atoms with Gasteiger partial charge in [-0.15, -0.1) is 5.10 Å². The summed E-state index contributed by atoms with van der Waals surface area (Å²) in [6.07, 6.45) is 0. The van der Waals surface area contributed by atoms with Crippen molar-refractivity contribution in [1.29, 1.82) is 0 Å². The second kappa shape index (κ2) is 3.40. The Morgan fingerprint density at radius 2 is 2.33 bits per heavy atom. The molecule has 0 saturated heterocycles. The maximum absolute atomic E-state index is 11.0. The summed E-state index contributed by atoms with van der Waals surface area (Å²) in [6.45, 7) is 0.140. The van der Waals surface area contributed by atoms with Crippen LogP contribution >= 0.6 is 0 Å². The molecule has 6 heteroatoms. The summed E-state index contributed by atoms with van der Waals surface area (Å²) in [5.74, 6) is 0.494. The number of rotatable bonds is 3. The van der Waals surface area contributed by atoms with E-state index in [2.05, 4.69) is 10.1 Å². The van der Waals surface area contributed by atoms with Crippen LogP contribution < -0.4 is 10.6 Å². The van der Waals surface area contributed by atoms with Crippen LogP contribution in [0.3, 0.4) is 0 Å². The van der Waals surface area contributed by atoms with Crippen LogP contribution in [0.4, 0.5) is 5.95 Å². The standard InChI is InChI=1S/C6H12N4O2/c1-9(2)5-7-6(12)10(8-5)3-4-11/h11H,3-4H2,1-2H3,(H,7,8,12). The fourth-order valence-corrected chi connectivity index (χ4v) is 0.792. The van der Waals surface area contributed by atoms with Crippen molar-refractivity contribution in [2.75, 3.05) is 25.6 Å². The number of hydrogen-bond acceptors (Lipinski definition) is 4. The van der Waals surface area contributed by atoms with Gasteiger partial charge in [0.15, 0.2) is 0 Å². The maximum Gasteiger partial charge on any atom is 0.344 e. The fraction of sp³-hybridized carbons (Fsp3) is 0.667. The van der Waals surface area contributed by atoms with E-state index < -0.39 is 0 Å². The molecule has 0 aromatic carbocycles. The number of aliphatic hydroxyl groups is 1. The Bertz CT molecular complexity index is 301. The molecule has 0 atom stereocenters. The lowest BCUT2D eigenvalue weighted by molar-refractivity contribution is 0.267. The summed E-state index contributed by atoms with van der Waals surface area (Å²) < 4.78 is 1.19. The van der Waals surface area contributed by atoms with E-state index in [-0.39, 0.29) is 18.8 Å². The van der Waals surface area contributed by atoms with Gasteiger partial charge < -0.3 is 10.0 Å². The van der Waals surface area contributed by atoms with Gasteiger partial charge in [-0.1, -0.05) is 0 Å². The first-order chi connectivity index (χ1) is 5.65. The van der Waals surface area contributed by atoms with Crippen molar-refractivity contribution in [3.8, 4) is 0 Å². The molecule has 1 aromatic heterocycles. The highest BCUT2D eigenvalue weighted by Crippen LogP contribution is 1.95. The molecule has 0 saturated carbocycles. The molecule has 0 aliphatic heterocycles. The normalized spacial score (nSPS) is 10.2. The first kappa shape index (κ1) is 8.79. The molecule has 0 bridgehead atoms. The zero-order valence-corrected chi connectivity index (χ0v) is 7.11. The molecular formula is C6H12N4O2. The van der Waals surface area contributed by atoms with Crippen LogP contribution in [-0.2, 0) is 6.54 Å². The number of nitrogens with zero attached hydrogens (tertiary/aromatic N) is 3. The van der Waals surface area contributed by atoms with Crippen molar-refractivity contribution in [3.63, 3.8) is 0 Å². The summed E-state index contributed by atoms with van der Waals surface area (Å²) in [7, 11) is 3.56. The molecular weight excluding hydrogens is 160 g/mol. The Kier molecular flexibility index (Phi) is 2.49. The second-order valence-corrected chi connectivity index (χ2v) is 2.59. The Morgan fingerprint density at radius 3 is 2.75 bits per heavy atom. The molecule has 12 heavy (non-hydrogen) atoms. The topological polar surface area (TPSA) is 74.2 Å². The Labute approximate surface area is 69.4 Å². The van der Waals surface area contributed by atoms with Crippen LogP contribution in [0.15, 0.2) is 4.79 Å². The number of hydrogen-bond donors (Lipinski definition) is 2. The first-order valence-corrected chi connectivity index (χ1v) is 3.60. The van der Waals surface area contributed by atoms with Gasteiger partial charge in [0.05, 0.1) is 13.2 Å². The highest BCUT2D eigenvalue weighted by molar-refractivity contribution is 5.23. The fourth-order valence-electron chi connectivity index (χ4n) is 0.792. The molecule has 0 fully saturated rings. The monoisotopic (exact) mass is 172 g/mol. The van der Waals surface area contributed by atoms with E-state index in [4.69, 9.17) is 5.11 Å². The van der Waals surface area contributed by atoms with Crippen molar-refractivity contribution in [2.45, 2.75) is 6.54 Å². The SMILES string of the molecule is CN(C)c1nn(CCO)c(=O)[nH]1. The molecule has 0 aliphatic rings. The lowest BCUT2D eigenvalue weighted by Crippen LogP contribution is -2.19. The number of aromatic nitrogens is 3. The van der Waals surface area contributed by atoms with E-state index >= 15 is 0 Å². The number of anilines is 1. The number of nitrogens with one attached hydrogen (secondary N) is 1. The second-order valence-electron chi connectivity index (χ2n) is 2.59. The van der Waals surface area contributed by atoms with E-state index in [1.54, 1.807) is 19.0 Å². The number of aromatic amines is 1. The molecule has 0 radical (unpaired) electrons. The molecule has 1 rings (SSSR count). The van der Waals surface area contributed by atoms with Crippen LogP contribution in [0.25, 0.3) is 0 Å². The van der Waals surface area contributed by atoms with Gasteiger partial charge in [-0.25, -0.2) is 9.48 Å². The summed E-state index contributed by atoms with van der Waals surface area (Å²) in [4.78, 5) is 15.3. The van der Waals surface area contributed by atoms with Gasteiger partial charge in [0.2, 0.25) is 5.95 Å². The Morgan fingerprint density at radius 1 is 1.67 bits per heavy atom. The Hall–Kier alpha value is -1.30. The van der Waals surface area contributed by atoms with Gasteiger partial charge in [-0.3, -0.25) is 4.98 Å². The predicted molar refractivity (Wildman–Crippen MR) is 44.3 cm³/mol. The third kappa shape index (κ3) is 1.65. The van der Waals surface area contributed by atoms with Crippen molar-refractivity contribution < 1.29 is 5.11 Å². The van der Waals surface area contributed by atoms with Crippen LogP contribution in [-0.4, -0.2) is 40.6 Å². The minimum Gasteiger partial charge on any atom is -0.394 e. The van der Waals surface area contributed by atoms with Gasteiger partial charge in [-0.2, -0.15) is 0 Å². The lowest BCUT2D eigenvalue weighted by atomic mass is 10.7. The van der Waals surface area contributed by atoms with E-state index in [1.165, 1.54) is 4.68 Å². The van der Waals surface area contributed by atoms with Crippen molar-refractivity contribution >= 4 is 5.95 Å². The van der Waals surface area contributed by atoms with Crippen LogP contribution in [0.1, 0.15) is 0 Å². The predicted octanol–water partition coefficient (Wildman–Crippen LogP) is -1.37. The highest BCUT2D eigenvalue weighted by Gasteiger charge is 2.04. The average molecular weight is 172 g/mol. The van der Waals surface area contributed by atoms with Gasteiger partial charge in [-0.05, 0) is 0 Å². The largest absolute Gasteiger partial charge is 0.394 e. The summed E-state index contributed by atoms with van der Waals surface area (Å²) in [6, 6.07) is 0. The third-order valence-electron chi connectivity index (χ3n) is 1.40. The summed E-state index contributed by atoms with van der Waals surface area (Å²) in [5.41, 5.74) is -0.298. The molecule has 0 amide bonds. The maximum atomic E-state index is 11.0. The quantitative estimate of drug-likeness (QED) is 0.590. The van der Waals surface area contributed by atoms with Crippen LogP contribution in [0, 0.1) is 0 Å². The molecule has 68 valence electrons. The van der Waals surface area contributed by atoms with Gasteiger partial charge >= 0.3 is 5.69 Å². The highest BCUT2D eigenvalue weighted by atomic mass is 16.3. The zero-order chi connectivity index (χ0) is 9.14. The van der Waals surface area contributed by atoms with Gasteiger partial charge in [0.25, 0.3) is 0 Å². The molecule has 0 unspecified atom stereocenters. The smallest absolute Gasteiger partial charge is 0.344 e. The Balaban J connectivity index is 2.93. The molecule has 1 aromatic rings. The van der Waals surface area contributed by atoms with E-state index in [0.29, 0.717) is 5.95 Å². The summed E-state index contributed by atoms with van der Waals surface area (Å²) >= 11 is 0. The summed E-state index contributed by atoms with van der Waals surface area (Å²) in [5, 5.41) is 12.5. The van der Waals surface area contributed by atoms with Crippen molar-refractivity contribution in [2.24, 2.45) is 0 Å². The third-order valence-corrected chi connectivity index (χ3v) is 1.40. The van der Waals surface area contributed by atoms with Gasteiger partial charge in [0, 0.05) is 14.1 Å². The molecule has 1 heterocycles. The van der Waals surface area contributed by atoms with E-state index in [0.717, 1.165) is 0 Å². The number of H-pyrrole nitrogens is 1. The first-order valence-electron chi connectivity index (χ1n) is 3.60. The minimum absolute atomic E-state index is 0.0857. The minimum atomic E-state index is -0.298. The van der Waals surface area contributed by atoms with E-state index in [1.807, 2.05) is 0 Å². The van der Waals surface area contributed by atoms with Crippen molar-refractivity contribution in [3.05, 3.63) is 10.5 Å². The zero-order valence-electron chi connectivity index (χ0n) is 7.11. The average Bonchev–Trinajstić information content (AvgIpc) is 2.34. The number of aliphatic hydroxyl groups excluding tert-OH is 1.